The SMILES string of the molecule is CCN(CC)CCCCNC(=NC)Nc1ccc(OC)c(OC)c1. The van der Waals surface area contributed by atoms with Gasteiger partial charge in [-0.1, -0.05) is 13.8 Å². The fourth-order valence-corrected chi connectivity index (χ4v) is 2.44. The molecule has 0 aliphatic carbocycles. The first-order valence-corrected chi connectivity index (χ1v) is 8.60. The monoisotopic (exact) mass is 336 g/mol. The molecule has 0 unspecified atom stereocenters. The molecule has 0 aliphatic rings. The van der Waals surface area contributed by atoms with E-state index < -0.39 is 0 Å². The summed E-state index contributed by atoms with van der Waals surface area (Å²) in [6.07, 6.45) is 2.30. The Balaban J connectivity index is 2.43. The van der Waals surface area contributed by atoms with E-state index in [0.717, 1.165) is 44.2 Å². The Hall–Kier alpha value is -1.95. The van der Waals surface area contributed by atoms with Gasteiger partial charge in [-0.15, -0.1) is 0 Å². The average molecular weight is 336 g/mol. The second-order valence-corrected chi connectivity index (χ2v) is 5.43. The van der Waals surface area contributed by atoms with E-state index >= 15 is 0 Å². The van der Waals surface area contributed by atoms with Crippen LogP contribution in [0.4, 0.5) is 5.69 Å². The first kappa shape index (κ1) is 20.1. The van der Waals surface area contributed by atoms with Gasteiger partial charge in [0.05, 0.1) is 14.2 Å². The highest BCUT2D eigenvalue weighted by Gasteiger charge is 2.06. The van der Waals surface area contributed by atoms with Crippen LogP contribution in [0.5, 0.6) is 11.5 Å². The third kappa shape index (κ3) is 6.66. The van der Waals surface area contributed by atoms with Gasteiger partial charge in [-0.05, 0) is 44.6 Å². The smallest absolute Gasteiger partial charge is 0.195 e. The molecule has 0 atom stereocenters. The first-order chi connectivity index (χ1) is 11.7. The third-order valence-corrected chi connectivity index (χ3v) is 3.96. The van der Waals surface area contributed by atoms with Crippen molar-refractivity contribution in [2.24, 2.45) is 4.99 Å². The zero-order valence-electron chi connectivity index (χ0n) is 15.7. The molecule has 0 bridgehead atoms. The van der Waals surface area contributed by atoms with E-state index in [1.54, 1.807) is 21.3 Å². The maximum atomic E-state index is 5.32. The number of nitrogens with zero attached hydrogens (tertiary/aromatic N) is 2. The molecule has 0 spiro atoms. The van der Waals surface area contributed by atoms with Gasteiger partial charge in [0.25, 0.3) is 0 Å². The van der Waals surface area contributed by atoms with E-state index in [1.165, 1.54) is 6.42 Å². The third-order valence-electron chi connectivity index (χ3n) is 3.96. The van der Waals surface area contributed by atoms with Gasteiger partial charge in [0.2, 0.25) is 0 Å². The van der Waals surface area contributed by atoms with Crippen molar-refractivity contribution in [1.29, 1.82) is 0 Å². The minimum absolute atomic E-state index is 0.692. The highest BCUT2D eigenvalue weighted by atomic mass is 16.5. The summed E-state index contributed by atoms with van der Waals surface area (Å²) in [5.41, 5.74) is 0.906. The van der Waals surface area contributed by atoms with Crippen LogP contribution in [0.3, 0.4) is 0 Å². The summed E-state index contributed by atoms with van der Waals surface area (Å²) < 4.78 is 10.6. The van der Waals surface area contributed by atoms with Crippen molar-refractivity contribution in [3.05, 3.63) is 18.2 Å². The van der Waals surface area contributed by atoms with E-state index in [-0.39, 0.29) is 0 Å². The van der Waals surface area contributed by atoms with Crippen LogP contribution in [-0.2, 0) is 0 Å². The van der Waals surface area contributed by atoms with Crippen LogP contribution in [-0.4, -0.2) is 58.3 Å². The van der Waals surface area contributed by atoms with Gasteiger partial charge in [0.1, 0.15) is 0 Å². The maximum Gasteiger partial charge on any atom is 0.195 e. The molecule has 0 aliphatic heterocycles. The molecule has 0 radical (unpaired) electrons. The van der Waals surface area contributed by atoms with Gasteiger partial charge >= 0.3 is 0 Å². The van der Waals surface area contributed by atoms with Crippen LogP contribution in [0.15, 0.2) is 23.2 Å². The minimum Gasteiger partial charge on any atom is -0.493 e. The summed E-state index contributed by atoms with van der Waals surface area (Å²) in [4.78, 5) is 6.70. The molecule has 24 heavy (non-hydrogen) atoms. The number of anilines is 1. The Morgan fingerprint density at radius 2 is 1.79 bits per heavy atom. The summed E-state index contributed by atoms with van der Waals surface area (Å²) in [5.74, 6) is 2.16. The van der Waals surface area contributed by atoms with E-state index in [2.05, 4.69) is 34.4 Å². The number of hydrogen-bond acceptors (Lipinski definition) is 4. The highest BCUT2D eigenvalue weighted by molar-refractivity contribution is 5.93. The van der Waals surface area contributed by atoms with Gasteiger partial charge in [-0.2, -0.15) is 0 Å². The van der Waals surface area contributed by atoms with Gasteiger partial charge in [0, 0.05) is 25.3 Å². The number of methoxy groups -OCH3 is 2. The largest absolute Gasteiger partial charge is 0.493 e. The van der Waals surface area contributed by atoms with Crippen LogP contribution >= 0.6 is 0 Å². The second-order valence-electron chi connectivity index (χ2n) is 5.43. The van der Waals surface area contributed by atoms with Crippen LogP contribution in [0.1, 0.15) is 26.7 Å². The Bertz CT molecular complexity index is 502. The van der Waals surface area contributed by atoms with Crippen molar-refractivity contribution >= 4 is 11.6 Å². The van der Waals surface area contributed by atoms with E-state index in [0.29, 0.717) is 11.5 Å². The van der Waals surface area contributed by atoms with E-state index in [9.17, 15) is 0 Å². The van der Waals surface area contributed by atoms with Crippen LogP contribution in [0.2, 0.25) is 0 Å². The molecule has 0 heterocycles. The maximum absolute atomic E-state index is 5.32. The normalized spacial score (nSPS) is 11.5. The predicted molar refractivity (Wildman–Crippen MR) is 102 cm³/mol. The highest BCUT2D eigenvalue weighted by Crippen LogP contribution is 2.29. The molecule has 0 saturated carbocycles. The molecule has 1 aromatic carbocycles. The van der Waals surface area contributed by atoms with E-state index in [4.69, 9.17) is 9.47 Å². The molecule has 1 rings (SSSR count). The molecule has 1 aromatic rings. The summed E-state index contributed by atoms with van der Waals surface area (Å²) in [6.45, 7) is 8.69. The molecule has 6 heteroatoms. The summed E-state index contributed by atoms with van der Waals surface area (Å²) in [5, 5.41) is 6.61. The first-order valence-electron chi connectivity index (χ1n) is 8.60. The number of aliphatic imine (C=N–C) groups is 1. The number of hydrogen-bond donors (Lipinski definition) is 2. The van der Waals surface area contributed by atoms with Gasteiger partial charge in [-0.25, -0.2) is 0 Å². The Kier molecular flexibility index (Phi) is 9.68. The van der Waals surface area contributed by atoms with Crippen molar-refractivity contribution < 1.29 is 9.47 Å². The standard InChI is InChI=1S/C18H32N4O2/c1-6-22(7-2)13-9-8-12-20-18(19-3)21-15-10-11-16(23-4)17(14-15)24-5/h10-11,14H,6-9,12-13H2,1-5H3,(H2,19,20,21). The molecule has 0 saturated heterocycles. The number of nitrogens with one attached hydrogen (secondary N) is 2. The van der Waals surface area contributed by atoms with Crippen molar-refractivity contribution in [1.82, 2.24) is 10.2 Å². The van der Waals surface area contributed by atoms with Crippen LogP contribution < -0.4 is 20.1 Å². The lowest BCUT2D eigenvalue weighted by atomic mass is 10.2. The molecule has 0 amide bonds. The van der Waals surface area contributed by atoms with Crippen molar-refractivity contribution in [3.63, 3.8) is 0 Å². The fraction of sp³-hybridized carbons (Fsp3) is 0.611. The molecule has 0 fully saturated rings. The lowest BCUT2D eigenvalue weighted by molar-refractivity contribution is 0.297. The number of benzene rings is 1. The van der Waals surface area contributed by atoms with Crippen molar-refractivity contribution in [2.75, 3.05) is 52.8 Å². The zero-order chi connectivity index (χ0) is 17.8. The second kappa shape index (κ2) is 11.6. The average Bonchev–Trinajstić information content (AvgIpc) is 2.63. The number of unbranched alkanes of at least 4 members (excludes halogenated alkanes) is 1. The molecule has 6 nitrogen and oxygen atoms in total. The van der Waals surface area contributed by atoms with Crippen molar-refractivity contribution in [2.45, 2.75) is 26.7 Å². The van der Waals surface area contributed by atoms with Crippen LogP contribution in [0.25, 0.3) is 0 Å². The Morgan fingerprint density at radius 3 is 2.38 bits per heavy atom. The molecule has 2 N–H and O–H groups in total. The number of guanidine groups is 1. The topological polar surface area (TPSA) is 58.1 Å². The van der Waals surface area contributed by atoms with Gasteiger partial charge in [-0.3, -0.25) is 4.99 Å². The predicted octanol–water partition coefficient (Wildman–Crippen LogP) is 2.81. The summed E-state index contributed by atoms with van der Waals surface area (Å²) in [7, 11) is 5.03. The summed E-state index contributed by atoms with van der Waals surface area (Å²) in [6, 6.07) is 5.71. The fourth-order valence-electron chi connectivity index (χ4n) is 2.44. The molecular formula is C18H32N4O2. The molecular weight excluding hydrogens is 304 g/mol. The van der Waals surface area contributed by atoms with Gasteiger partial charge < -0.3 is 25.0 Å². The zero-order valence-corrected chi connectivity index (χ0v) is 15.7. The van der Waals surface area contributed by atoms with Gasteiger partial charge in [0.15, 0.2) is 17.5 Å². The van der Waals surface area contributed by atoms with Crippen molar-refractivity contribution in [3.8, 4) is 11.5 Å². The quantitative estimate of drug-likeness (QED) is 0.391. The Morgan fingerprint density at radius 1 is 1.08 bits per heavy atom. The number of rotatable bonds is 10. The molecule has 0 aromatic heterocycles. The van der Waals surface area contributed by atoms with E-state index in [1.807, 2.05) is 18.2 Å². The Labute approximate surface area is 146 Å². The lowest BCUT2D eigenvalue weighted by Gasteiger charge is -2.18. The molecule has 136 valence electrons. The lowest BCUT2D eigenvalue weighted by Crippen LogP contribution is -2.32. The summed E-state index contributed by atoms with van der Waals surface area (Å²) >= 11 is 0. The minimum atomic E-state index is 0.692. The number of ether oxygens (including phenoxy) is 2. The van der Waals surface area contributed by atoms with Crippen LogP contribution in [0, 0.1) is 0 Å².